The van der Waals surface area contributed by atoms with Gasteiger partial charge in [0.05, 0.1) is 5.92 Å². The minimum absolute atomic E-state index is 0.0173. The van der Waals surface area contributed by atoms with Crippen LogP contribution >= 0.6 is 0 Å². The van der Waals surface area contributed by atoms with E-state index in [2.05, 4.69) is 10.6 Å². The van der Waals surface area contributed by atoms with Crippen LogP contribution in [0.4, 0.5) is 4.79 Å². The Labute approximate surface area is 89.2 Å². The lowest BCUT2D eigenvalue weighted by Gasteiger charge is -2.16. The summed E-state index contributed by atoms with van der Waals surface area (Å²) in [5.74, 6) is -1.37. The van der Waals surface area contributed by atoms with Gasteiger partial charge < -0.3 is 15.7 Å². The van der Waals surface area contributed by atoms with Crippen LogP contribution in [-0.2, 0) is 4.79 Å². The molecule has 1 unspecified atom stereocenters. The molecule has 1 rings (SSSR count). The van der Waals surface area contributed by atoms with Crippen molar-refractivity contribution in [1.82, 2.24) is 10.6 Å². The number of aliphatic carboxylic acids is 1. The van der Waals surface area contributed by atoms with Crippen molar-refractivity contribution in [2.75, 3.05) is 6.54 Å². The van der Waals surface area contributed by atoms with E-state index in [0.29, 0.717) is 6.04 Å². The summed E-state index contributed by atoms with van der Waals surface area (Å²) < 4.78 is 0. The van der Waals surface area contributed by atoms with Crippen LogP contribution in [0.25, 0.3) is 0 Å². The highest BCUT2D eigenvalue weighted by molar-refractivity contribution is 5.76. The molecule has 15 heavy (non-hydrogen) atoms. The maximum atomic E-state index is 11.2. The van der Waals surface area contributed by atoms with Gasteiger partial charge in [-0.3, -0.25) is 4.79 Å². The molecule has 0 aromatic heterocycles. The van der Waals surface area contributed by atoms with Crippen LogP contribution in [-0.4, -0.2) is 29.7 Å². The van der Waals surface area contributed by atoms with Gasteiger partial charge in [-0.05, 0) is 18.8 Å². The van der Waals surface area contributed by atoms with Gasteiger partial charge in [-0.2, -0.15) is 0 Å². The Hall–Kier alpha value is -1.26. The fourth-order valence-electron chi connectivity index (χ4n) is 1.27. The van der Waals surface area contributed by atoms with E-state index < -0.39 is 11.9 Å². The fraction of sp³-hybridized carbons (Fsp3) is 0.800. The molecule has 0 heterocycles. The number of nitrogens with one attached hydrogen (secondary N) is 2. The van der Waals surface area contributed by atoms with Crippen LogP contribution in [0.3, 0.4) is 0 Å². The number of carboxylic acids is 1. The standard InChI is InChI=1S/C10H18N2O3/c1-6(2)8(9(13)14)5-11-10(15)12-7-3-4-7/h6-8H,3-5H2,1-2H3,(H,13,14)(H2,11,12,15). The van der Waals surface area contributed by atoms with Crippen LogP contribution in [0.2, 0.25) is 0 Å². The predicted octanol–water partition coefficient (Wildman–Crippen LogP) is 0.805. The number of hydrogen-bond acceptors (Lipinski definition) is 2. The second-order valence-electron chi connectivity index (χ2n) is 4.32. The van der Waals surface area contributed by atoms with Gasteiger partial charge in [0.2, 0.25) is 0 Å². The lowest BCUT2D eigenvalue weighted by atomic mass is 9.96. The largest absolute Gasteiger partial charge is 0.481 e. The van der Waals surface area contributed by atoms with E-state index >= 15 is 0 Å². The van der Waals surface area contributed by atoms with Crippen molar-refractivity contribution in [3.63, 3.8) is 0 Å². The molecule has 0 aromatic carbocycles. The molecule has 5 heteroatoms. The highest BCUT2D eigenvalue weighted by Crippen LogP contribution is 2.18. The van der Waals surface area contributed by atoms with E-state index in [1.807, 2.05) is 13.8 Å². The first-order chi connectivity index (χ1) is 7.00. The highest BCUT2D eigenvalue weighted by atomic mass is 16.4. The monoisotopic (exact) mass is 214 g/mol. The molecule has 0 aliphatic heterocycles. The van der Waals surface area contributed by atoms with Gasteiger partial charge in [0, 0.05) is 12.6 Å². The summed E-state index contributed by atoms with van der Waals surface area (Å²) in [6.45, 7) is 3.85. The predicted molar refractivity (Wildman–Crippen MR) is 55.5 cm³/mol. The third-order valence-electron chi connectivity index (χ3n) is 2.52. The minimum atomic E-state index is -0.864. The number of hydrogen-bond donors (Lipinski definition) is 3. The summed E-state index contributed by atoms with van der Waals surface area (Å²) in [7, 11) is 0. The molecular formula is C10H18N2O3. The molecule has 1 aliphatic carbocycles. The first-order valence-electron chi connectivity index (χ1n) is 5.28. The lowest BCUT2D eigenvalue weighted by molar-refractivity contribution is -0.142. The van der Waals surface area contributed by atoms with Gasteiger partial charge in [0.1, 0.15) is 0 Å². The molecule has 0 radical (unpaired) electrons. The van der Waals surface area contributed by atoms with Gasteiger partial charge in [0.15, 0.2) is 0 Å². The Bertz CT molecular complexity index is 249. The lowest BCUT2D eigenvalue weighted by Crippen LogP contribution is -2.42. The summed E-state index contributed by atoms with van der Waals surface area (Å²) in [6.07, 6.45) is 2.06. The number of carboxylic acid groups (broad SMARTS) is 1. The van der Waals surface area contributed by atoms with Crippen molar-refractivity contribution in [2.24, 2.45) is 11.8 Å². The van der Waals surface area contributed by atoms with Crippen molar-refractivity contribution >= 4 is 12.0 Å². The summed E-state index contributed by atoms with van der Waals surface area (Å²) in [4.78, 5) is 22.0. The average Bonchev–Trinajstić information content (AvgIpc) is 2.86. The zero-order valence-corrected chi connectivity index (χ0v) is 9.12. The smallest absolute Gasteiger partial charge is 0.315 e. The molecule has 5 nitrogen and oxygen atoms in total. The summed E-state index contributed by atoms with van der Waals surface area (Å²) >= 11 is 0. The second kappa shape index (κ2) is 5.00. The maximum Gasteiger partial charge on any atom is 0.315 e. The van der Waals surface area contributed by atoms with E-state index in [0.717, 1.165) is 12.8 Å². The van der Waals surface area contributed by atoms with Gasteiger partial charge in [-0.15, -0.1) is 0 Å². The van der Waals surface area contributed by atoms with Gasteiger partial charge >= 0.3 is 12.0 Å². The summed E-state index contributed by atoms with van der Waals surface area (Å²) in [6, 6.07) is 0.0386. The van der Waals surface area contributed by atoms with Crippen molar-refractivity contribution in [2.45, 2.75) is 32.7 Å². The van der Waals surface area contributed by atoms with Crippen LogP contribution in [0.15, 0.2) is 0 Å². The molecule has 1 fully saturated rings. The molecule has 1 atom stereocenters. The topological polar surface area (TPSA) is 78.4 Å². The summed E-state index contributed by atoms with van der Waals surface area (Å²) in [5.41, 5.74) is 0. The van der Waals surface area contributed by atoms with E-state index in [1.54, 1.807) is 0 Å². The molecule has 2 amide bonds. The van der Waals surface area contributed by atoms with Crippen molar-refractivity contribution in [3.8, 4) is 0 Å². The van der Waals surface area contributed by atoms with Crippen LogP contribution < -0.4 is 10.6 Å². The minimum Gasteiger partial charge on any atom is -0.481 e. The Morgan fingerprint density at radius 3 is 2.40 bits per heavy atom. The number of rotatable bonds is 5. The quantitative estimate of drug-likeness (QED) is 0.633. The molecule has 0 bridgehead atoms. The van der Waals surface area contributed by atoms with Crippen molar-refractivity contribution < 1.29 is 14.7 Å². The molecule has 1 saturated carbocycles. The Kier molecular flexibility index (Phi) is 3.94. The van der Waals surface area contributed by atoms with Crippen LogP contribution in [0.1, 0.15) is 26.7 Å². The van der Waals surface area contributed by atoms with E-state index in [9.17, 15) is 9.59 Å². The zero-order valence-electron chi connectivity index (χ0n) is 9.12. The first-order valence-corrected chi connectivity index (χ1v) is 5.28. The third kappa shape index (κ3) is 4.18. The van der Waals surface area contributed by atoms with Gasteiger partial charge in [-0.1, -0.05) is 13.8 Å². The SMILES string of the molecule is CC(C)C(CNC(=O)NC1CC1)C(=O)O. The van der Waals surface area contributed by atoms with Crippen molar-refractivity contribution in [3.05, 3.63) is 0 Å². The first kappa shape index (κ1) is 11.8. The Balaban J connectivity index is 2.25. The molecule has 0 saturated heterocycles. The highest BCUT2D eigenvalue weighted by Gasteiger charge is 2.25. The normalized spacial score (nSPS) is 17.3. The molecule has 0 spiro atoms. The number of amides is 2. The number of carbonyl (C=O) groups is 2. The Morgan fingerprint density at radius 1 is 1.40 bits per heavy atom. The molecule has 1 aliphatic rings. The van der Waals surface area contributed by atoms with E-state index in [4.69, 9.17) is 5.11 Å². The third-order valence-corrected chi connectivity index (χ3v) is 2.52. The number of urea groups is 1. The molecular weight excluding hydrogens is 196 g/mol. The van der Waals surface area contributed by atoms with E-state index in [-0.39, 0.29) is 18.5 Å². The van der Waals surface area contributed by atoms with Crippen LogP contribution in [0, 0.1) is 11.8 Å². The Morgan fingerprint density at radius 2 is 2.00 bits per heavy atom. The average molecular weight is 214 g/mol. The zero-order chi connectivity index (χ0) is 11.4. The summed E-state index contributed by atoms with van der Waals surface area (Å²) in [5, 5.41) is 14.2. The van der Waals surface area contributed by atoms with Gasteiger partial charge in [-0.25, -0.2) is 4.79 Å². The van der Waals surface area contributed by atoms with Crippen molar-refractivity contribution in [1.29, 1.82) is 0 Å². The number of carbonyl (C=O) groups excluding carboxylic acids is 1. The van der Waals surface area contributed by atoms with Gasteiger partial charge in [0.25, 0.3) is 0 Å². The molecule has 3 N–H and O–H groups in total. The fourth-order valence-corrected chi connectivity index (χ4v) is 1.27. The van der Waals surface area contributed by atoms with E-state index in [1.165, 1.54) is 0 Å². The van der Waals surface area contributed by atoms with Crippen LogP contribution in [0.5, 0.6) is 0 Å². The molecule has 86 valence electrons. The molecule has 0 aromatic rings. The second-order valence-corrected chi connectivity index (χ2v) is 4.32. The maximum absolute atomic E-state index is 11.2.